The third-order valence-electron chi connectivity index (χ3n) is 13.9. The van der Waals surface area contributed by atoms with Gasteiger partial charge in [0.1, 0.15) is 0 Å². The zero-order chi connectivity index (χ0) is 29.3. The van der Waals surface area contributed by atoms with Gasteiger partial charge >= 0.3 is 0 Å². The number of rotatable bonds is 7. The average molecular weight is 563 g/mol. The van der Waals surface area contributed by atoms with Crippen molar-refractivity contribution in [1.82, 2.24) is 0 Å². The van der Waals surface area contributed by atoms with E-state index < -0.39 is 0 Å². The Morgan fingerprint density at radius 3 is 1.21 bits per heavy atom. The molecule has 0 amide bonds. The Kier molecular flexibility index (Phi) is 8.66. The highest BCUT2D eigenvalue weighted by Crippen LogP contribution is 2.71. The van der Waals surface area contributed by atoms with E-state index in [1.807, 2.05) is 0 Å². The quantitative estimate of drug-likeness (QED) is 0.294. The maximum absolute atomic E-state index is 4.33. The first-order chi connectivity index (χ1) is 20.4. The topological polar surface area (TPSA) is 0 Å². The summed E-state index contributed by atoms with van der Waals surface area (Å²) in [5.74, 6) is 1.81. The van der Waals surface area contributed by atoms with E-state index in [4.69, 9.17) is 0 Å². The van der Waals surface area contributed by atoms with Crippen LogP contribution in [0.15, 0.2) is 73.8 Å². The largest absolute Gasteiger partial charge is 0.102 e. The molecule has 2 aromatic carbocycles. The molecule has 0 atom stereocenters. The molecule has 0 N–H and O–H groups in total. The van der Waals surface area contributed by atoms with Gasteiger partial charge < -0.3 is 0 Å². The van der Waals surface area contributed by atoms with Crippen molar-refractivity contribution in [2.75, 3.05) is 0 Å². The molecule has 2 aromatic rings. The van der Waals surface area contributed by atoms with E-state index in [9.17, 15) is 0 Å². The number of aryl methyl sites for hydroxylation is 2. The fourth-order valence-electron chi connectivity index (χ4n) is 11.2. The summed E-state index contributed by atoms with van der Waals surface area (Å²) in [6.07, 6.45) is 29.9. The minimum absolute atomic E-state index is 0.133. The van der Waals surface area contributed by atoms with Crippen LogP contribution in [0.1, 0.15) is 138 Å². The fourth-order valence-corrected chi connectivity index (χ4v) is 11.2. The van der Waals surface area contributed by atoms with Gasteiger partial charge in [-0.05, 0) is 125 Å². The van der Waals surface area contributed by atoms with Gasteiger partial charge in [-0.25, -0.2) is 0 Å². The molecule has 0 radical (unpaired) electrons. The van der Waals surface area contributed by atoms with Gasteiger partial charge in [-0.3, -0.25) is 0 Å². The van der Waals surface area contributed by atoms with E-state index >= 15 is 0 Å². The average Bonchev–Trinajstić information content (AvgIpc) is 3.06. The van der Waals surface area contributed by atoms with E-state index in [1.165, 1.54) is 127 Å². The summed E-state index contributed by atoms with van der Waals surface area (Å²) < 4.78 is 0. The second kappa shape index (κ2) is 12.1. The summed E-state index contributed by atoms with van der Waals surface area (Å²) in [6, 6.07) is 19.4. The lowest BCUT2D eigenvalue weighted by Crippen LogP contribution is -2.57. The molecular weight excluding hydrogens is 504 g/mol. The summed E-state index contributed by atoms with van der Waals surface area (Å²) in [5.41, 5.74) is 7.10. The van der Waals surface area contributed by atoms with Gasteiger partial charge in [0.25, 0.3) is 0 Å². The van der Waals surface area contributed by atoms with E-state index in [1.54, 1.807) is 11.1 Å². The van der Waals surface area contributed by atoms with Crippen LogP contribution in [0.25, 0.3) is 0 Å². The molecule has 0 spiro atoms. The predicted molar refractivity (Wildman–Crippen MR) is 181 cm³/mol. The van der Waals surface area contributed by atoms with Crippen LogP contribution in [0.2, 0.25) is 0 Å². The van der Waals surface area contributed by atoms with Gasteiger partial charge in [0.15, 0.2) is 0 Å². The Morgan fingerprint density at radius 1 is 0.500 bits per heavy atom. The lowest BCUT2D eigenvalue weighted by molar-refractivity contribution is -0.147. The predicted octanol–water partition coefficient (Wildman–Crippen LogP) is 12.2. The zero-order valence-corrected chi connectivity index (χ0v) is 27.1. The standard InChI is InChI=1S/C42H58/c1-5-39(6-2)25-29-41(30-26-39,37-13-9-7-10-14-37)42(38-15-11-8-12-16-38)31-27-40(28-32-42,35-21-17-33(3)18-22-35)36-23-19-34(4)20-24-36/h5-6,17-24,37-38H,1-2,7-16,25-32H2,3-4H3. The highest BCUT2D eigenvalue weighted by molar-refractivity contribution is 5.42. The van der Waals surface area contributed by atoms with Gasteiger partial charge in [-0.2, -0.15) is 0 Å². The van der Waals surface area contributed by atoms with Crippen molar-refractivity contribution >= 4 is 0 Å². The molecule has 42 heavy (non-hydrogen) atoms. The molecule has 4 fully saturated rings. The third kappa shape index (κ3) is 5.08. The van der Waals surface area contributed by atoms with Crippen LogP contribution in [0.3, 0.4) is 0 Å². The third-order valence-corrected chi connectivity index (χ3v) is 13.9. The Balaban J connectivity index is 1.44. The van der Waals surface area contributed by atoms with Gasteiger partial charge in [-0.1, -0.05) is 110 Å². The van der Waals surface area contributed by atoms with Crippen molar-refractivity contribution in [2.24, 2.45) is 28.1 Å². The van der Waals surface area contributed by atoms with Crippen LogP contribution in [-0.4, -0.2) is 0 Å². The minimum atomic E-state index is 0.133. The highest BCUT2D eigenvalue weighted by atomic mass is 14.7. The lowest BCUT2D eigenvalue weighted by atomic mass is 9.39. The molecule has 0 nitrogen and oxygen atoms in total. The second-order valence-corrected chi connectivity index (χ2v) is 15.4. The van der Waals surface area contributed by atoms with Crippen molar-refractivity contribution < 1.29 is 0 Å². The molecule has 0 aromatic heterocycles. The van der Waals surface area contributed by atoms with E-state index in [-0.39, 0.29) is 10.8 Å². The van der Waals surface area contributed by atoms with E-state index in [0.29, 0.717) is 10.8 Å². The monoisotopic (exact) mass is 562 g/mol. The van der Waals surface area contributed by atoms with Crippen molar-refractivity contribution in [3.63, 3.8) is 0 Å². The molecule has 0 unspecified atom stereocenters. The summed E-state index contributed by atoms with van der Waals surface area (Å²) >= 11 is 0. The smallest absolute Gasteiger partial charge is 0.0203 e. The van der Waals surface area contributed by atoms with Crippen LogP contribution >= 0.6 is 0 Å². The van der Waals surface area contributed by atoms with Crippen LogP contribution < -0.4 is 0 Å². The van der Waals surface area contributed by atoms with Gasteiger partial charge in [0.05, 0.1) is 0 Å². The van der Waals surface area contributed by atoms with Crippen LogP contribution in [0, 0.1) is 41.9 Å². The van der Waals surface area contributed by atoms with Crippen molar-refractivity contribution in [3.05, 3.63) is 96.1 Å². The molecule has 226 valence electrons. The van der Waals surface area contributed by atoms with Gasteiger partial charge in [-0.15, -0.1) is 13.2 Å². The van der Waals surface area contributed by atoms with E-state index in [2.05, 4.69) is 87.7 Å². The van der Waals surface area contributed by atoms with Gasteiger partial charge in [0, 0.05) is 10.8 Å². The Morgan fingerprint density at radius 2 is 0.857 bits per heavy atom. The molecule has 6 rings (SSSR count). The maximum Gasteiger partial charge on any atom is 0.0203 e. The summed E-state index contributed by atoms with van der Waals surface area (Å²) in [6.45, 7) is 13.1. The first kappa shape index (κ1) is 30.0. The molecule has 4 aliphatic rings. The summed E-state index contributed by atoms with van der Waals surface area (Å²) in [4.78, 5) is 0. The number of hydrogen-bond donors (Lipinski definition) is 0. The summed E-state index contributed by atoms with van der Waals surface area (Å²) in [5, 5.41) is 0. The number of allylic oxidation sites excluding steroid dienone is 2. The van der Waals surface area contributed by atoms with Crippen LogP contribution in [0.5, 0.6) is 0 Å². The van der Waals surface area contributed by atoms with Crippen molar-refractivity contribution in [1.29, 1.82) is 0 Å². The first-order valence-corrected chi connectivity index (χ1v) is 17.8. The molecule has 0 aliphatic heterocycles. The highest BCUT2D eigenvalue weighted by Gasteiger charge is 2.62. The van der Waals surface area contributed by atoms with Crippen LogP contribution in [-0.2, 0) is 5.41 Å². The first-order valence-electron chi connectivity index (χ1n) is 17.8. The van der Waals surface area contributed by atoms with Crippen LogP contribution in [0.4, 0.5) is 0 Å². The molecule has 0 saturated heterocycles. The Labute approximate surface area is 258 Å². The fraction of sp³-hybridized carbons (Fsp3) is 0.619. The lowest BCUT2D eigenvalue weighted by Gasteiger charge is -2.66. The maximum atomic E-state index is 4.33. The second-order valence-electron chi connectivity index (χ2n) is 15.4. The molecular formula is C42H58. The Hall–Kier alpha value is -2.08. The van der Waals surface area contributed by atoms with E-state index in [0.717, 1.165) is 11.8 Å². The van der Waals surface area contributed by atoms with Crippen molar-refractivity contribution in [3.8, 4) is 0 Å². The van der Waals surface area contributed by atoms with Crippen molar-refractivity contribution in [2.45, 2.75) is 135 Å². The summed E-state index contributed by atoms with van der Waals surface area (Å²) in [7, 11) is 0. The van der Waals surface area contributed by atoms with Gasteiger partial charge in [0.2, 0.25) is 0 Å². The number of benzene rings is 2. The molecule has 0 bridgehead atoms. The molecule has 0 heteroatoms. The number of hydrogen-bond acceptors (Lipinski definition) is 0. The molecule has 4 aliphatic carbocycles. The molecule has 4 saturated carbocycles. The minimum Gasteiger partial charge on any atom is -0.102 e. The zero-order valence-electron chi connectivity index (χ0n) is 27.1. The molecule has 0 heterocycles. The Bertz CT molecular complexity index is 1120. The SMILES string of the molecule is C=CC1(C=C)CCC(C2CCCCC2)(C2(C3CCCCC3)CCC(c3ccc(C)cc3)(c3ccc(C)cc3)CC2)CC1. The normalized spacial score (nSPS) is 25.9.